The van der Waals surface area contributed by atoms with Crippen molar-refractivity contribution < 1.29 is 24.2 Å². The van der Waals surface area contributed by atoms with Gasteiger partial charge in [-0.05, 0) is 60.7 Å². The summed E-state index contributed by atoms with van der Waals surface area (Å²) in [5, 5.41) is 14.5. The Morgan fingerprint density at radius 3 is 2.09 bits per heavy atom. The van der Waals surface area contributed by atoms with Crippen LogP contribution >= 0.6 is 0 Å². The molecule has 3 aromatic rings. The number of fused-ring (bicyclic) bond motifs is 3. The summed E-state index contributed by atoms with van der Waals surface area (Å²) in [6, 6.07) is 21.0. The molecule has 0 saturated carbocycles. The van der Waals surface area contributed by atoms with Gasteiger partial charge in [0.25, 0.3) is 5.91 Å². The van der Waals surface area contributed by atoms with E-state index >= 15 is 0 Å². The average molecular weight is 459 g/mol. The minimum absolute atomic E-state index is 0.0605. The number of amides is 2. The minimum atomic E-state index is -1.43. The van der Waals surface area contributed by atoms with Gasteiger partial charge in [-0.15, -0.1) is 0 Å². The van der Waals surface area contributed by atoms with E-state index in [-0.39, 0.29) is 18.1 Å². The summed E-state index contributed by atoms with van der Waals surface area (Å²) < 4.78 is 5.58. The summed E-state index contributed by atoms with van der Waals surface area (Å²) in [6.07, 6.45) is -0.631. The van der Waals surface area contributed by atoms with Crippen molar-refractivity contribution >= 4 is 23.7 Å². The zero-order valence-corrected chi connectivity index (χ0v) is 19.2. The number of carbonyl (C=O) groups is 3. The molecule has 34 heavy (non-hydrogen) atoms. The van der Waals surface area contributed by atoms with Crippen molar-refractivity contribution in [2.75, 3.05) is 11.9 Å². The Kier molecular flexibility index (Phi) is 6.11. The van der Waals surface area contributed by atoms with Crippen LogP contribution in [0.15, 0.2) is 66.7 Å². The predicted octanol–water partition coefficient (Wildman–Crippen LogP) is 4.95. The molecule has 0 saturated heterocycles. The van der Waals surface area contributed by atoms with E-state index in [0.29, 0.717) is 11.3 Å². The van der Waals surface area contributed by atoms with Crippen LogP contribution in [0, 0.1) is 6.92 Å². The van der Waals surface area contributed by atoms with Gasteiger partial charge >= 0.3 is 12.1 Å². The van der Waals surface area contributed by atoms with Crippen molar-refractivity contribution in [3.05, 3.63) is 89.0 Å². The fraction of sp³-hybridized carbons (Fsp3) is 0.222. The van der Waals surface area contributed by atoms with Crippen molar-refractivity contribution in [1.29, 1.82) is 0 Å². The first-order valence-corrected chi connectivity index (χ1v) is 11.0. The van der Waals surface area contributed by atoms with Crippen molar-refractivity contribution in [3.63, 3.8) is 0 Å². The molecule has 0 spiro atoms. The highest BCUT2D eigenvalue weighted by Crippen LogP contribution is 2.44. The second-order valence-corrected chi connectivity index (χ2v) is 8.81. The highest BCUT2D eigenvalue weighted by molar-refractivity contribution is 6.00. The van der Waals surface area contributed by atoms with Gasteiger partial charge in [-0.1, -0.05) is 54.6 Å². The highest BCUT2D eigenvalue weighted by atomic mass is 16.5. The summed E-state index contributed by atoms with van der Waals surface area (Å²) in [4.78, 5) is 36.6. The third-order valence-corrected chi connectivity index (χ3v) is 6.12. The maximum atomic E-state index is 12.6. The van der Waals surface area contributed by atoms with E-state index in [1.807, 2.05) is 36.4 Å². The SMILES string of the molecule is Cc1c(NC(=O)OCC2c3ccccc3-c3ccccc32)cccc1C(=O)NC(C)(C)C(=O)O. The molecule has 0 atom stereocenters. The lowest BCUT2D eigenvalue weighted by molar-refractivity contribution is -0.143. The molecule has 7 nitrogen and oxygen atoms in total. The molecule has 0 bridgehead atoms. The molecule has 0 fully saturated rings. The van der Waals surface area contributed by atoms with Crippen LogP contribution in [-0.2, 0) is 9.53 Å². The van der Waals surface area contributed by atoms with E-state index in [2.05, 4.69) is 22.8 Å². The van der Waals surface area contributed by atoms with Crippen molar-refractivity contribution in [1.82, 2.24) is 5.32 Å². The van der Waals surface area contributed by atoms with Crippen molar-refractivity contribution in [2.45, 2.75) is 32.2 Å². The van der Waals surface area contributed by atoms with Gasteiger partial charge in [0, 0.05) is 17.2 Å². The molecule has 3 N–H and O–H groups in total. The summed E-state index contributed by atoms with van der Waals surface area (Å²) >= 11 is 0. The number of carboxylic acids is 1. The lowest BCUT2D eigenvalue weighted by Gasteiger charge is -2.22. The molecule has 0 aromatic heterocycles. The van der Waals surface area contributed by atoms with E-state index in [0.717, 1.165) is 22.3 Å². The number of hydrogen-bond acceptors (Lipinski definition) is 4. The van der Waals surface area contributed by atoms with Crippen LogP contribution in [-0.4, -0.2) is 35.2 Å². The standard InChI is InChI=1S/C27H26N2O5/c1-16-17(24(30)29-27(2,3)25(31)32)13-8-14-23(16)28-26(33)34-15-22-20-11-6-4-9-18(20)19-10-5-7-12-21(19)22/h4-14,22H,15H2,1-3H3,(H,28,33)(H,29,30)(H,31,32). The number of aliphatic carboxylic acids is 1. The van der Waals surface area contributed by atoms with Gasteiger partial charge in [0.2, 0.25) is 0 Å². The van der Waals surface area contributed by atoms with Crippen LogP contribution in [0.2, 0.25) is 0 Å². The molecule has 0 unspecified atom stereocenters. The van der Waals surface area contributed by atoms with Gasteiger partial charge in [-0.2, -0.15) is 0 Å². The fourth-order valence-corrected chi connectivity index (χ4v) is 4.17. The van der Waals surface area contributed by atoms with Gasteiger partial charge in [0.1, 0.15) is 12.1 Å². The van der Waals surface area contributed by atoms with Crippen molar-refractivity contribution in [3.8, 4) is 11.1 Å². The quantitative estimate of drug-likeness (QED) is 0.485. The summed E-state index contributed by atoms with van der Waals surface area (Å²) in [6.45, 7) is 4.66. The van der Waals surface area contributed by atoms with E-state index in [1.165, 1.54) is 13.8 Å². The number of ether oxygens (including phenoxy) is 1. The molecule has 0 radical (unpaired) electrons. The Bertz CT molecular complexity index is 1240. The number of hydrogen-bond donors (Lipinski definition) is 3. The normalized spacial score (nSPS) is 12.4. The van der Waals surface area contributed by atoms with Crippen LogP contribution in [0.3, 0.4) is 0 Å². The maximum absolute atomic E-state index is 12.6. The second-order valence-electron chi connectivity index (χ2n) is 8.81. The third-order valence-electron chi connectivity index (χ3n) is 6.12. The Balaban J connectivity index is 1.46. The largest absolute Gasteiger partial charge is 0.480 e. The second kappa shape index (κ2) is 9.02. The zero-order valence-electron chi connectivity index (χ0n) is 19.2. The predicted molar refractivity (Wildman–Crippen MR) is 129 cm³/mol. The molecule has 1 aliphatic carbocycles. The molecule has 4 rings (SSSR count). The first-order chi connectivity index (χ1) is 16.2. The molecule has 174 valence electrons. The van der Waals surface area contributed by atoms with E-state index in [9.17, 15) is 19.5 Å². The van der Waals surface area contributed by atoms with E-state index < -0.39 is 23.5 Å². The summed E-state index contributed by atoms with van der Waals surface area (Å²) in [5.41, 5.74) is 4.29. The number of carboxylic acid groups (broad SMARTS) is 1. The number of rotatable bonds is 6. The lowest BCUT2D eigenvalue weighted by Crippen LogP contribution is -2.49. The zero-order chi connectivity index (χ0) is 24.5. The minimum Gasteiger partial charge on any atom is -0.480 e. The Labute approximate surface area is 197 Å². The van der Waals surface area contributed by atoms with Gasteiger partial charge in [0.05, 0.1) is 0 Å². The van der Waals surface area contributed by atoms with Crippen LogP contribution < -0.4 is 10.6 Å². The van der Waals surface area contributed by atoms with E-state index in [1.54, 1.807) is 25.1 Å². The van der Waals surface area contributed by atoms with Crippen molar-refractivity contribution in [2.24, 2.45) is 0 Å². The number of anilines is 1. The number of nitrogens with one attached hydrogen (secondary N) is 2. The van der Waals surface area contributed by atoms with Crippen LogP contribution in [0.25, 0.3) is 11.1 Å². The molecule has 3 aromatic carbocycles. The monoisotopic (exact) mass is 458 g/mol. The Hall–Kier alpha value is -4.13. The average Bonchev–Trinajstić information content (AvgIpc) is 3.12. The maximum Gasteiger partial charge on any atom is 0.411 e. The molecular formula is C27H26N2O5. The van der Waals surface area contributed by atoms with Crippen LogP contribution in [0.1, 0.15) is 46.8 Å². The first kappa shape index (κ1) is 23.0. The van der Waals surface area contributed by atoms with Crippen LogP contribution in [0.4, 0.5) is 10.5 Å². The third kappa shape index (κ3) is 4.37. The Morgan fingerprint density at radius 1 is 0.912 bits per heavy atom. The molecule has 1 aliphatic rings. The molecule has 0 aliphatic heterocycles. The lowest BCUT2D eigenvalue weighted by atomic mass is 9.98. The molecule has 2 amide bonds. The molecule has 7 heteroatoms. The number of benzene rings is 3. The molecular weight excluding hydrogens is 432 g/mol. The number of carbonyl (C=O) groups excluding carboxylic acids is 2. The summed E-state index contributed by atoms with van der Waals surface area (Å²) in [5.74, 6) is -1.75. The topological polar surface area (TPSA) is 105 Å². The van der Waals surface area contributed by atoms with E-state index in [4.69, 9.17) is 4.74 Å². The van der Waals surface area contributed by atoms with Gasteiger partial charge in [-0.25, -0.2) is 9.59 Å². The fourth-order valence-electron chi connectivity index (χ4n) is 4.17. The van der Waals surface area contributed by atoms with Crippen LogP contribution in [0.5, 0.6) is 0 Å². The highest BCUT2D eigenvalue weighted by Gasteiger charge is 2.31. The first-order valence-electron chi connectivity index (χ1n) is 11.0. The smallest absolute Gasteiger partial charge is 0.411 e. The van der Waals surface area contributed by atoms with Gasteiger partial charge in [0.15, 0.2) is 0 Å². The molecule has 0 heterocycles. The Morgan fingerprint density at radius 2 is 1.50 bits per heavy atom. The van der Waals surface area contributed by atoms with Gasteiger partial charge in [-0.3, -0.25) is 10.1 Å². The van der Waals surface area contributed by atoms with Gasteiger partial charge < -0.3 is 15.2 Å². The summed E-state index contributed by atoms with van der Waals surface area (Å²) in [7, 11) is 0.